The number of nitrogens with zero attached hydrogens (tertiary/aromatic N) is 4. The third kappa shape index (κ3) is 5.57. The number of nitrogen functional groups attached to an aromatic ring is 1. The fourth-order valence-electron chi connectivity index (χ4n) is 2.50. The topological polar surface area (TPSA) is 218 Å². The highest BCUT2D eigenvalue weighted by molar-refractivity contribution is 9.10. The Labute approximate surface area is 171 Å². The average molecular weight is 536 g/mol. The van der Waals surface area contributed by atoms with E-state index in [4.69, 9.17) is 24.8 Å². The molecule has 0 aromatic carbocycles. The molecule has 0 bridgehead atoms. The first-order valence-electron chi connectivity index (χ1n) is 7.53. The number of phosphoric acid groups is 1. The van der Waals surface area contributed by atoms with Crippen LogP contribution in [0.4, 0.5) is 5.82 Å². The van der Waals surface area contributed by atoms with Crippen molar-refractivity contribution < 1.29 is 46.5 Å². The summed E-state index contributed by atoms with van der Waals surface area (Å²) in [5.74, 6) is 0.147. The Bertz CT molecular complexity index is 1010. The number of aromatic nitrogens is 4. The molecule has 29 heavy (non-hydrogen) atoms. The van der Waals surface area contributed by atoms with Crippen molar-refractivity contribution >= 4 is 57.2 Å². The van der Waals surface area contributed by atoms with E-state index in [9.17, 15) is 18.8 Å². The molecule has 3 rings (SSSR count). The number of hydrogen-bond acceptors (Lipinski definition) is 12. The van der Waals surface area contributed by atoms with E-state index in [0.717, 1.165) is 0 Å². The lowest BCUT2D eigenvalue weighted by Gasteiger charge is -2.13. The summed E-state index contributed by atoms with van der Waals surface area (Å²) in [6.45, 7) is -0.481. The van der Waals surface area contributed by atoms with Gasteiger partial charge in [0.1, 0.15) is 24.5 Å². The van der Waals surface area contributed by atoms with Crippen molar-refractivity contribution in [3.05, 3.63) is 11.1 Å². The van der Waals surface area contributed by atoms with E-state index in [-0.39, 0.29) is 17.0 Å². The number of hydrogen-bond donors (Lipinski definition) is 4. The number of ether oxygens (including phenoxy) is 1. The van der Waals surface area contributed by atoms with Crippen LogP contribution >= 0.6 is 40.3 Å². The molecule has 1 aliphatic heterocycles. The predicted octanol–water partition coefficient (Wildman–Crippen LogP) is 1.28. The molecule has 0 spiro atoms. The number of nitrogens with two attached hydrogens (primary N) is 1. The van der Waals surface area contributed by atoms with Gasteiger partial charge in [-0.15, -0.1) is 9.42 Å². The van der Waals surface area contributed by atoms with Gasteiger partial charge in [-0.3, -0.25) is 9.46 Å². The zero-order valence-electron chi connectivity index (χ0n) is 14.0. The van der Waals surface area contributed by atoms with Gasteiger partial charge in [0, 0.05) is 24.2 Å². The second-order valence-corrected chi connectivity index (χ2v) is 9.66. The van der Waals surface area contributed by atoms with Gasteiger partial charge >= 0.3 is 24.3 Å². The van der Waals surface area contributed by atoms with Gasteiger partial charge in [-0.1, -0.05) is 0 Å². The van der Waals surface area contributed by atoms with Gasteiger partial charge in [0.05, 0.1) is 12.4 Å². The predicted molar refractivity (Wildman–Crippen MR) is 97.3 cm³/mol. The maximum Gasteiger partial charge on any atom is 0.708 e. The minimum absolute atomic E-state index is 0.102. The first-order chi connectivity index (χ1) is 13.6. The van der Waals surface area contributed by atoms with E-state index < -0.39 is 49.4 Å². The lowest BCUT2D eigenvalue weighted by atomic mass is 10.2. The normalized spacial score (nSPS) is 25.2. The fraction of sp³-hybridized carbons (Fsp3) is 0.500. The quantitative estimate of drug-likeness (QED) is 0.276. The van der Waals surface area contributed by atoms with Gasteiger partial charge in [-0.05, 0) is 15.9 Å². The number of fused-ring (bicyclic) bond motifs is 1. The highest BCUT2D eigenvalue weighted by Crippen LogP contribution is 2.57. The highest BCUT2D eigenvalue weighted by atomic mass is 79.9. The van der Waals surface area contributed by atoms with Crippen LogP contribution in [0, 0.1) is 0 Å². The molecule has 0 amide bonds. The molecular formula is C10H13BrN5O10P3+2. The van der Waals surface area contributed by atoms with Gasteiger partial charge in [-0.25, -0.2) is 19.5 Å². The van der Waals surface area contributed by atoms with Crippen molar-refractivity contribution in [2.75, 3.05) is 12.3 Å². The summed E-state index contributed by atoms with van der Waals surface area (Å²) in [6.07, 6.45) is -1.23. The molecule has 1 fully saturated rings. The summed E-state index contributed by atoms with van der Waals surface area (Å²) in [7, 11) is -11.7. The summed E-state index contributed by atoms with van der Waals surface area (Å²) in [5, 5.41) is 10.2. The van der Waals surface area contributed by atoms with Gasteiger partial charge in [0.15, 0.2) is 11.5 Å². The average Bonchev–Trinajstić information content (AvgIpc) is 3.14. The van der Waals surface area contributed by atoms with Crippen LogP contribution in [0.3, 0.4) is 0 Å². The zero-order chi connectivity index (χ0) is 21.3. The molecule has 1 saturated heterocycles. The summed E-state index contributed by atoms with van der Waals surface area (Å²) in [6, 6.07) is 0. The first kappa shape index (κ1) is 22.7. The molecule has 5 N–H and O–H groups in total. The van der Waals surface area contributed by atoms with Crippen molar-refractivity contribution in [2.24, 2.45) is 0 Å². The maximum absolute atomic E-state index is 11.6. The molecule has 6 atom stereocenters. The van der Waals surface area contributed by atoms with Crippen molar-refractivity contribution in [1.29, 1.82) is 0 Å². The number of rotatable bonds is 8. The summed E-state index contributed by atoms with van der Waals surface area (Å²) in [4.78, 5) is 29.7. The standard InChI is InChI=1S/C10H11BrN5O10P3/c11-10-14-8(12)7-9(15-10)16(3-13-7)6-1-4(17)5(24-6)2-23-28(20)26-29(21,22)25-27(18)19/h3-6,17H,1-2H2,(H2-2,12,14,15,18,19,21,22)/p+2/t4-,5+,6+/m0/s1. The Morgan fingerprint density at radius 3 is 2.83 bits per heavy atom. The van der Waals surface area contributed by atoms with Crippen LogP contribution in [-0.2, 0) is 31.6 Å². The molecule has 2 aromatic rings. The van der Waals surface area contributed by atoms with Crippen molar-refractivity contribution in [1.82, 2.24) is 19.5 Å². The van der Waals surface area contributed by atoms with Crippen LogP contribution < -0.4 is 5.73 Å². The second-order valence-electron chi connectivity index (χ2n) is 5.52. The van der Waals surface area contributed by atoms with Crippen LogP contribution in [0.1, 0.15) is 12.6 Å². The Balaban J connectivity index is 1.63. The van der Waals surface area contributed by atoms with Gasteiger partial charge in [0.25, 0.3) is 0 Å². The van der Waals surface area contributed by atoms with Crippen LogP contribution in [-0.4, -0.2) is 53.2 Å². The molecule has 2 aromatic heterocycles. The molecular weight excluding hydrogens is 523 g/mol. The van der Waals surface area contributed by atoms with E-state index in [1.807, 2.05) is 0 Å². The SMILES string of the molecule is Nc1nc(Br)nc2c1ncn2[C@H]1C[C@H](O)[C@@H](CO[P+](=O)OP(=O)(O)O[P+](=O)O)O1. The zero-order valence-corrected chi connectivity index (χ0v) is 18.3. The summed E-state index contributed by atoms with van der Waals surface area (Å²) >= 11 is 3.13. The lowest BCUT2D eigenvalue weighted by molar-refractivity contribution is -0.0384. The van der Waals surface area contributed by atoms with Crippen molar-refractivity contribution in [3.8, 4) is 0 Å². The number of aliphatic hydroxyl groups excluding tert-OH is 1. The van der Waals surface area contributed by atoms with E-state index in [0.29, 0.717) is 11.2 Å². The maximum atomic E-state index is 11.6. The molecule has 1 aliphatic rings. The van der Waals surface area contributed by atoms with Crippen molar-refractivity contribution in [3.63, 3.8) is 0 Å². The van der Waals surface area contributed by atoms with E-state index in [2.05, 4.69) is 39.5 Å². The molecule has 0 radical (unpaired) electrons. The first-order valence-corrected chi connectivity index (χ1v) is 12.0. The molecule has 15 nitrogen and oxygen atoms in total. The van der Waals surface area contributed by atoms with Gasteiger partial charge in [-0.2, -0.15) is 0 Å². The Kier molecular flexibility index (Phi) is 7.03. The fourth-order valence-corrected chi connectivity index (χ4v) is 5.09. The van der Waals surface area contributed by atoms with E-state index in [1.165, 1.54) is 10.9 Å². The molecule has 0 aliphatic carbocycles. The molecule has 0 saturated carbocycles. The Morgan fingerprint density at radius 1 is 1.41 bits per heavy atom. The largest absolute Gasteiger partial charge is 0.708 e. The van der Waals surface area contributed by atoms with E-state index >= 15 is 0 Å². The molecule has 158 valence electrons. The van der Waals surface area contributed by atoms with Crippen molar-refractivity contribution in [2.45, 2.75) is 24.9 Å². The third-order valence-electron chi connectivity index (χ3n) is 3.62. The number of imidazole rings is 1. The lowest BCUT2D eigenvalue weighted by Crippen LogP contribution is -2.25. The number of aliphatic hydroxyl groups is 1. The summed E-state index contributed by atoms with van der Waals surface area (Å²) < 4.78 is 53.2. The van der Waals surface area contributed by atoms with Crippen LogP contribution in [0.15, 0.2) is 11.1 Å². The second kappa shape index (κ2) is 9.00. The van der Waals surface area contributed by atoms with Crippen LogP contribution in [0.25, 0.3) is 11.2 Å². The highest BCUT2D eigenvalue weighted by Gasteiger charge is 2.46. The summed E-state index contributed by atoms with van der Waals surface area (Å²) in [5.41, 5.74) is 6.48. The van der Waals surface area contributed by atoms with Gasteiger partial charge in [0.2, 0.25) is 4.73 Å². The van der Waals surface area contributed by atoms with Crippen LogP contribution in [0.2, 0.25) is 0 Å². The smallest absolute Gasteiger partial charge is 0.390 e. The Hall–Kier alpha value is -1.02. The molecule has 3 heterocycles. The van der Waals surface area contributed by atoms with Crippen LogP contribution in [0.5, 0.6) is 0 Å². The monoisotopic (exact) mass is 535 g/mol. The van der Waals surface area contributed by atoms with E-state index in [1.54, 1.807) is 0 Å². The minimum Gasteiger partial charge on any atom is -0.390 e. The Morgan fingerprint density at radius 2 is 2.14 bits per heavy atom. The molecule has 3 unspecified atom stereocenters. The van der Waals surface area contributed by atoms with Gasteiger partial charge < -0.3 is 15.6 Å². The number of anilines is 1. The third-order valence-corrected chi connectivity index (χ3v) is 7.08. The number of halogens is 1. The minimum atomic E-state index is -5.06. The molecule has 19 heteroatoms.